The Morgan fingerprint density at radius 3 is 2.39 bits per heavy atom. The number of aromatic nitrogens is 1. The molecule has 1 unspecified atom stereocenters. The topological polar surface area (TPSA) is 82.8 Å². The number of carbonyl (C=O) groups excluding carboxylic acids is 2. The van der Waals surface area contributed by atoms with Crippen molar-refractivity contribution in [3.05, 3.63) is 40.9 Å². The second-order valence-electron chi connectivity index (χ2n) is 5.46. The minimum Gasteiger partial charge on any atom is -0.352 e. The fourth-order valence-corrected chi connectivity index (χ4v) is 2.84. The average Bonchev–Trinajstić information content (AvgIpc) is 2.94. The number of benzene rings is 1. The van der Waals surface area contributed by atoms with Crippen LogP contribution in [0.5, 0.6) is 0 Å². The lowest BCUT2D eigenvalue weighted by Crippen LogP contribution is -2.38. The van der Waals surface area contributed by atoms with Gasteiger partial charge in [-0.15, -0.1) is 11.3 Å². The first kappa shape index (κ1) is 16.8. The highest BCUT2D eigenvalue weighted by Crippen LogP contribution is 2.24. The van der Waals surface area contributed by atoms with E-state index in [1.54, 1.807) is 44.2 Å². The predicted molar refractivity (Wildman–Crippen MR) is 89.0 cm³/mol. The molecule has 1 heterocycles. The van der Waals surface area contributed by atoms with E-state index >= 15 is 0 Å². The molecule has 118 valence electrons. The van der Waals surface area contributed by atoms with Gasteiger partial charge in [0, 0.05) is 28.2 Å². The maximum atomic E-state index is 12.4. The van der Waals surface area contributed by atoms with Gasteiger partial charge < -0.3 is 5.32 Å². The molecule has 0 aliphatic carbocycles. The number of amides is 1. The molecule has 0 fully saturated rings. The minimum absolute atomic E-state index is 0.123. The van der Waals surface area contributed by atoms with E-state index in [1.165, 1.54) is 11.3 Å². The Morgan fingerprint density at radius 1 is 1.26 bits per heavy atom. The molecule has 0 bridgehead atoms. The highest BCUT2D eigenvalue weighted by atomic mass is 32.1. The van der Waals surface area contributed by atoms with Crippen LogP contribution in [0.25, 0.3) is 10.6 Å². The zero-order chi connectivity index (χ0) is 17.0. The number of thiazole rings is 1. The van der Waals surface area contributed by atoms with Gasteiger partial charge in [0.15, 0.2) is 11.7 Å². The van der Waals surface area contributed by atoms with Crippen LogP contribution in [0.3, 0.4) is 0 Å². The second kappa shape index (κ2) is 7.16. The monoisotopic (exact) mass is 327 g/mol. The van der Waals surface area contributed by atoms with Crippen molar-refractivity contribution in [1.82, 2.24) is 10.3 Å². The Kier molecular flexibility index (Phi) is 5.24. The molecule has 5 nitrogen and oxygen atoms in total. The Labute approximate surface area is 139 Å². The van der Waals surface area contributed by atoms with Crippen molar-refractivity contribution < 1.29 is 9.59 Å². The van der Waals surface area contributed by atoms with Crippen LogP contribution >= 0.6 is 11.3 Å². The summed E-state index contributed by atoms with van der Waals surface area (Å²) in [5.74, 6) is -2.38. The number of hydrogen-bond acceptors (Lipinski definition) is 5. The fourth-order valence-electron chi connectivity index (χ4n) is 2.03. The Hall–Kier alpha value is -2.52. The molecule has 0 saturated heterocycles. The van der Waals surface area contributed by atoms with Crippen LogP contribution in [-0.4, -0.2) is 22.7 Å². The Morgan fingerprint density at radius 2 is 1.91 bits per heavy atom. The molecule has 23 heavy (non-hydrogen) atoms. The van der Waals surface area contributed by atoms with Crippen molar-refractivity contribution in [2.24, 2.45) is 5.92 Å². The van der Waals surface area contributed by atoms with E-state index in [4.69, 9.17) is 5.26 Å². The molecule has 1 N–H and O–H groups in total. The van der Waals surface area contributed by atoms with Crippen molar-refractivity contribution in [2.45, 2.75) is 26.8 Å². The normalized spacial score (nSPS) is 11.8. The van der Waals surface area contributed by atoms with Gasteiger partial charge in [0.05, 0.1) is 6.07 Å². The predicted octanol–water partition coefficient (Wildman–Crippen LogP) is 2.97. The van der Waals surface area contributed by atoms with Crippen molar-refractivity contribution >= 4 is 23.0 Å². The molecular formula is C17H17N3O2S. The fraction of sp³-hybridized carbons (Fsp3) is 0.294. The number of nitrogens with zero attached hydrogens (tertiary/aromatic N) is 2. The zero-order valence-corrected chi connectivity index (χ0v) is 14.0. The number of Topliss-reactive ketones (excluding diaryl/α,β-unsaturated/α-hetero) is 1. The molecule has 1 atom stereocenters. The van der Waals surface area contributed by atoms with Gasteiger partial charge in [-0.2, -0.15) is 5.26 Å². The molecule has 2 rings (SSSR count). The van der Waals surface area contributed by atoms with E-state index in [9.17, 15) is 9.59 Å². The van der Waals surface area contributed by atoms with E-state index in [2.05, 4.69) is 10.3 Å². The van der Waals surface area contributed by atoms with E-state index in [1.807, 2.05) is 12.3 Å². The maximum Gasteiger partial charge on any atom is 0.245 e. The lowest BCUT2D eigenvalue weighted by Gasteiger charge is -2.12. The largest absolute Gasteiger partial charge is 0.352 e. The molecule has 0 aliphatic rings. The minimum atomic E-state index is -1.33. The quantitative estimate of drug-likeness (QED) is 0.676. The first-order chi connectivity index (χ1) is 10.9. The van der Waals surface area contributed by atoms with E-state index < -0.39 is 17.6 Å². The third kappa shape index (κ3) is 4.02. The number of nitrogens with one attached hydrogen (secondary N) is 1. The molecule has 0 radical (unpaired) electrons. The number of carbonyl (C=O) groups is 2. The van der Waals surface area contributed by atoms with Gasteiger partial charge in [-0.3, -0.25) is 9.59 Å². The number of hydrogen-bond donors (Lipinski definition) is 1. The summed E-state index contributed by atoms with van der Waals surface area (Å²) in [6, 6.07) is 8.47. The van der Waals surface area contributed by atoms with Crippen molar-refractivity contribution in [1.29, 1.82) is 5.26 Å². The highest BCUT2D eigenvalue weighted by Gasteiger charge is 2.27. The van der Waals surface area contributed by atoms with Gasteiger partial charge in [-0.1, -0.05) is 24.3 Å². The molecular weight excluding hydrogens is 310 g/mol. The summed E-state index contributed by atoms with van der Waals surface area (Å²) in [5, 5.41) is 14.6. The van der Waals surface area contributed by atoms with Crippen molar-refractivity contribution in [3.63, 3.8) is 0 Å². The van der Waals surface area contributed by atoms with Gasteiger partial charge in [0.1, 0.15) is 5.01 Å². The number of rotatable bonds is 5. The molecule has 1 aromatic carbocycles. The number of ketones is 1. The van der Waals surface area contributed by atoms with Gasteiger partial charge in [-0.25, -0.2) is 4.98 Å². The molecule has 1 aromatic heterocycles. The van der Waals surface area contributed by atoms with Crippen LogP contribution in [-0.2, 0) is 4.79 Å². The third-order valence-corrected chi connectivity index (χ3v) is 4.13. The van der Waals surface area contributed by atoms with E-state index in [0.29, 0.717) is 5.56 Å². The number of nitriles is 1. The van der Waals surface area contributed by atoms with Crippen LogP contribution in [0, 0.1) is 24.2 Å². The van der Waals surface area contributed by atoms with Crippen LogP contribution in [0.15, 0.2) is 29.6 Å². The lowest BCUT2D eigenvalue weighted by molar-refractivity contribution is -0.122. The second-order valence-corrected chi connectivity index (χ2v) is 6.32. The van der Waals surface area contributed by atoms with Gasteiger partial charge >= 0.3 is 0 Å². The summed E-state index contributed by atoms with van der Waals surface area (Å²) >= 11 is 1.53. The van der Waals surface area contributed by atoms with Crippen molar-refractivity contribution in [2.75, 3.05) is 0 Å². The summed E-state index contributed by atoms with van der Waals surface area (Å²) in [7, 11) is 0. The van der Waals surface area contributed by atoms with Crippen LogP contribution < -0.4 is 5.32 Å². The molecule has 2 aromatic rings. The smallest absolute Gasteiger partial charge is 0.245 e. The molecule has 0 saturated carbocycles. The molecule has 0 spiro atoms. The van der Waals surface area contributed by atoms with E-state index in [0.717, 1.165) is 16.3 Å². The van der Waals surface area contributed by atoms with Crippen LogP contribution in [0.4, 0.5) is 0 Å². The zero-order valence-electron chi connectivity index (χ0n) is 13.2. The van der Waals surface area contributed by atoms with Gasteiger partial charge in [0.2, 0.25) is 5.91 Å². The first-order valence-corrected chi connectivity index (χ1v) is 8.07. The van der Waals surface area contributed by atoms with Gasteiger partial charge in [0.25, 0.3) is 0 Å². The van der Waals surface area contributed by atoms with E-state index in [-0.39, 0.29) is 6.04 Å². The average molecular weight is 327 g/mol. The summed E-state index contributed by atoms with van der Waals surface area (Å²) in [6.45, 7) is 5.48. The Balaban J connectivity index is 2.19. The SMILES string of the molecule is Cc1csc(-c2ccc(C(=O)C(C#N)C(=O)NC(C)C)cc2)n1. The van der Waals surface area contributed by atoms with Crippen LogP contribution in [0.1, 0.15) is 29.9 Å². The standard InChI is InChI=1S/C17H17N3O2S/c1-10(2)19-16(22)14(8-18)15(21)12-4-6-13(7-5-12)17-20-11(3)9-23-17/h4-7,9-10,14H,1-3H3,(H,19,22). The molecule has 6 heteroatoms. The van der Waals surface area contributed by atoms with Crippen molar-refractivity contribution in [3.8, 4) is 16.6 Å². The van der Waals surface area contributed by atoms with Gasteiger partial charge in [-0.05, 0) is 20.8 Å². The summed E-state index contributed by atoms with van der Waals surface area (Å²) in [6.07, 6.45) is 0. The van der Waals surface area contributed by atoms with Crippen LogP contribution in [0.2, 0.25) is 0 Å². The molecule has 0 aliphatic heterocycles. The third-order valence-electron chi connectivity index (χ3n) is 3.12. The Bertz CT molecular complexity index is 757. The number of aryl methyl sites for hydroxylation is 1. The maximum absolute atomic E-state index is 12.4. The summed E-state index contributed by atoms with van der Waals surface area (Å²) in [4.78, 5) is 28.7. The first-order valence-electron chi connectivity index (χ1n) is 7.19. The highest BCUT2D eigenvalue weighted by molar-refractivity contribution is 7.13. The molecule has 1 amide bonds. The summed E-state index contributed by atoms with van der Waals surface area (Å²) in [5.41, 5.74) is 2.19. The lowest BCUT2D eigenvalue weighted by atomic mass is 9.97. The summed E-state index contributed by atoms with van der Waals surface area (Å²) < 4.78 is 0.